The number of halogens is 4. The molecule has 10 heteroatoms. The second-order valence-corrected chi connectivity index (χ2v) is 7.45. The van der Waals surface area contributed by atoms with Crippen LogP contribution in [0.5, 0.6) is 0 Å². The molecule has 0 saturated carbocycles. The number of hydrogen-bond acceptors (Lipinski definition) is 5. The number of alkyl halides is 3. The van der Waals surface area contributed by atoms with Crippen molar-refractivity contribution in [2.24, 2.45) is 0 Å². The largest absolute Gasteiger partial charge is 0.471 e. The molecule has 33 heavy (non-hydrogen) atoms. The summed E-state index contributed by atoms with van der Waals surface area (Å²) >= 11 is 5.35. The van der Waals surface area contributed by atoms with Crippen molar-refractivity contribution in [2.45, 2.75) is 32.1 Å². The van der Waals surface area contributed by atoms with Gasteiger partial charge in [-0.3, -0.25) is 9.36 Å². The summed E-state index contributed by atoms with van der Waals surface area (Å²) in [6.07, 6.45) is -2.36. The molecule has 2 aromatic carbocycles. The smallest absolute Gasteiger partial charge is 0.416 e. The van der Waals surface area contributed by atoms with E-state index in [0.717, 1.165) is 28.6 Å². The number of nitrogens with one attached hydrogen (secondary N) is 1. The Labute approximate surface area is 201 Å². The van der Waals surface area contributed by atoms with Gasteiger partial charge in [0.15, 0.2) is 0 Å². The molecule has 0 saturated heterocycles. The number of carbonyl (C=O) groups excluding carboxylic acids is 1. The Kier molecular flexibility index (Phi) is 9.27. The van der Waals surface area contributed by atoms with E-state index in [1.165, 1.54) is 13.2 Å². The first-order valence-electron chi connectivity index (χ1n) is 9.98. The summed E-state index contributed by atoms with van der Waals surface area (Å²) in [7, 11) is 1.27. The monoisotopic (exact) mass is 500 g/mol. The number of rotatable bonds is 7. The fourth-order valence-electron chi connectivity index (χ4n) is 3.46. The lowest BCUT2D eigenvalue weighted by molar-refractivity contribution is -0.143. The first-order chi connectivity index (χ1) is 15.2. The Bertz CT molecular complexity index is 1120. The first kappa shape index (κ1) is 26.6. The zero-order valence-corrected chi connectivity index (χ0v) is 19.7. The van der Waals surface area contributed by atoms with Crippen LogP contribution in [0.3, 0.4) is 0 Å². The third kappa shape index (κ3) is 6.46. The summed E-state index contributed by atoms with van der Waals surface area (Å²) in [5.74, 6) is -0.513. The summed E-state index contributed by atoms with van der Waals surface area (Å²) in [4.78, 5) is 12.4. The number of aromatic nitrogens is 1. The number of ether oxygens (including phenoxy) is 2. The van der Waals surface area contributed by atoms with E-state index in [-0.39, 0.29) is 25.4 Å². The minimum Gasteiger partial charge on any atom is -0.471 e. The molecule has 1 heterocycles. The van der Waals surface area contributed by atoms with Crippen LogP contribution in [0, 0.1) is 0 Å². The number of para-hydroxylation sites is 1. The lowest BCUT2D eigenvalue weighted by Crippen LogP contribution is -2.39. The molecule has 3 aromatic rings. The van der Waals surface area contributed by atoms with E-state index in [1.54, 1.807) is 10.6 Å². The summed E-state index contributed by atoms with van der Waals surface area (Å²) in [5.41, 5.74) is 1.34. The van der Waals surface area contributed by atoms with Gasteiger partial charge in [-0.15, -0.1) is 12.4 Å². The van der Waals surface area contributed by atoms with Gasteiger partial charge in [-0.05, 0) is 42.4 Å². The van der Waals surface area contributed by atoms with Crippen molar-refractivity contribution in [3.8, 4) is 0 Å². The Morgan fingerprint density at radius 3 is 2.58 bits per heavy atom. The van der Waals surface area contributed by atoms with Gasteiger partial charge in [-0.2, -0.15) is 13.2 Å². The normalized spacial score (nSPS) is 12.2. The average molecular weight is 501 g/mol. The van der Waals surface area contributed by atoms with Gasteiger partial charge in [-0.25, -0.2) is 0 Å². The fraction of sp³-hybridized carbons (Fsp3) is 0.304. The fourth-order valence-corrected chi connectivity index (χ4v) is 3.73. The number of thiocarbonyl (C=S) groups is 1. The highest BCUT2D eigenvalue weighted by molar-refractivity contribution is 7.80. The number of benzene rings is 2. The number of carbonyl (C=O) groups is 1. The maximum Gasteiger partial charge on any atom is 0.416 e. The van der Waals surface area contributed by atoms with Gasteiger partial charge in [0, 0.05) is 24.5 Å². The van der Waals surface area contributed by atoms with Crippen molar-refractivity contribution in [2.75, 3.05) is 13.7 Å². The molecule has 3 rings (SSSR count). The highest BCUT2D eigenvalue weighted by Gasteiger charge is 2.30. The summed E-state index contributed by atoms with van der Waals surface area (Å²) in [5, 5.41) is 4.21. The summed E-state index contributed by atoms with van der Waals surface area (Å²) < 4.78 is 51.1. The number of methoxy groups -OCH3 is 1. The molecule has 0 aliphatic rings. The van der Waals surface area contributed by atoms with Crippen molar-refractivity contribution in [3.63, 3.8) is 0 Å². The third-order valence-corrected chi connectivity index (χ3v) is 5.29. The van der Waals surface area contributed by atoms with Crippen LogP contribution in [-0.4, -0.2) is 35.5 Å². The van der Waals surface area contributed by atoms with Crippen LogP contribution >= 0.6 is 24.6 Å². The van der Waals surface area contributed by atoms with E-state index >= 15 is 0 Å². The number of fused-ring (bicyclic) bond motifs is 1. The van der Waals surface area contributed by atoms with Crippen LogP contribution < -0.4 is 5.32 Å². The van der Waals surface area contributed by atoms with Gasteiger partial charge < -0.3 is 14.8 Å². The molecule has 1 N–H and O–H groups in total. The topological polar surface area (TPSA) is 52.5 Å². The number of nitrogens with zero attached hydrogens (tertiary/aromatic N) is 1. The SMILES string of the molecule is CCOC(=S)n1cc(C[C@H](NCc2cccc(C(F)(F)F)c2)C(=O)OC)c2ccccc21.Cl. The summed E-state index contributed by atoms with van der Waals surface area (Å²) in [6.45, 7) is 2.33. The van der Waals surface area contributed by atoms with E-state index in [9.17, 15) is 18.0 Å². The third-order valence-electron chi connectivity index (χ3n) is 4.98. The molecule has 0 unspecified atom stereocenters. The van der Waals surface area contributed by atoms with Crippen LogP contribution in [0.1, 0.15) is 23.6 Å². The second-order valence-electron chi connectivity index (χ2n) is 7.10. The van der Waals surface area contributed by atoms with Crippen molar-refractivity contribution in [3.05, 3.63) is 71.4 Å². The Morgan fingerprint density at radius 1 is 1.18 bits per heavy atom. The highest BCUT2D eigenvalue weighted by Crippen LogP contribution is 2.29. The van der Waals surface area contributed by atoms with Crippen molar-refractivity contribution in [1.29, 1.82) is 0 Å². The summed E-state index contributed by atoms with van der Waals surface area (Å²) in [6, 6.07) is 11.8. The van der Waals surface area contributed by atoms with E-state index < -0.39 is 23.8 Å². The molecule has 0 amide bonds. The van der Waals surface area contributed by atoms with Crippen molar-refractivity contribution in [1.82, 2.24) is 9.88 Å². The van der Waals surface area contributed by atoms with Crippen LogP contribution in [0.15, 0.2) is 54.7 Å². The Hall–Kier alpha value is -2.62. The maximum atomic E-state index is 13.0. The van der Waals surface area contributed by atoms with E-state index in [1.807, 2.05) is 37.4 Å². The lowest BCUT2D eigenvalue weighted by Gasteiger charge is -2.17. The van der Waals surface area contributed by atoms with Crippen LogP contribution in [0.4, 0.5) is 13.2 Å². The van der Waals surface area contributed by atoms with Gasteiger partial charge in [0.1, 0.15) is 6.04 Å². The van der Waals surface area contributed by atoms with Gasteiger partial charge in [0.2, 0.25) is 0 Å². The molecule has 1 aromatic heterocycles. The standard InChI is InChI=1S/C23H23F3N2O3S.ClH/c1-3-31-22(32)28-14-16(18-9-4-5-10-20(18)28)12-19(21(29)30-2)27-13-15-7-6-8-17(11-15)23(24,25)26;/h4-11,14,19,27H,3,12-13H2,1-2H3;1H/t19-;/m0./s1. The minimum absolute atomic E-state index is 0. The van der Waals surface area contributed by atoms with Gasteiger partial charge in [0.05, 0.1) is 24.8 Å². The molecule has 0 spiro atoms. The zero-order valence-electron chi connectivity index (χ0n) is 18.0. The zero-order chi connectivity index (χ0) is 23.3. The van der Waals surface area contributed by atoms with Crippen LogP contribution in [0.25, 0.3) is 10.9 Å². The molecule has 5 nitrogen and oxygen atoms in total. The molecule has 0 bridgehead atoms. The van der Waals surface area contributed by atoms with Crippen molar-refractivity contribution < 1.29 is 27.4 Å². The number of esters is 1. The van der Waals surface area contributed by atoms with Crippen LogP contribution in [0.2, 0.25) is 0 Å². The molecule has 1 atom stereocenters. The predicted molar refractivity (Wildman–Crippen MR) is 127 cm³/mol. The van der Waals surface area contributed by atoms with Gasteiger partial charge in [0.25, 0.3) is 5.17 Å². The van der Waals surface area contributed by atoms with Crippen LogP contribution in [-0.2, 0) is 33.4 Å². The molecule has 0 fully saturated rings. The molecule has 178 valence electrons. The lowest BCUT2D eigenvalue weighted by atomic mass is 10.0. The van der Waals surface area contributed by atoms with Gasteiger partial charge >= 0.3 is 12.1 Å². The predicted octanol–water partition coefficient (Wildman–Crippen LogP) is 5.13. The minimum atomic E-state index is -4.43. The molecule has 0 radical (unpaired) electrons. The quantitative estimate of drug-likeness (QED) is 0.360. The van der Waals surface area contributed by atoms with E-state index in [4.69, 9.17) is 21.7 Å². The van der Waals surface area contributed by atoms with E-state index in [2.05, 4.69) is 5.32 Å². The molecular formula is C23H24ClF3N2O3S. The molecule has 0 aliphatic carbocycles. The van der Waals surface area contributed by atoms with Gasteiger partial charge in [-0.1, -0.05) is 36.4 Å². The second kappa shape index (κ2) is 11.5. The maximum absolute atomic E-state index is 13.0. The van der Waals surface area contributed by atoms with Crippen molar-refractivity contribution >= 4 is 46.7 Å². The Balaban J connectivity index is 0.00000385. The Morgan fingerprint density at radius 2 is 1.91 bits per heavy atom. The number of hydrogen-bond donors (Lipinski definition) is 1. The van der Waals surface area contributed by atoms with E-state index in [0.29, 0.717) is 17.3 Å². The molecular weight excluding hydrogens is 477 g/mol. The first-order valence-corrected chi connectivity index (χ1v) is 10.4. The highest BCUT2D eigenvalue weighted by atomic mass is 35.5. The molecule has 0 aliphatic heterocycles. The average Bonchev–Trinajstić information content (AvgIpc) is 3.14.